The molecule has 0 aliphatic heterocycles. The molecule has 0 unspecified atom stereocenters. The van der Waals surface area contributed by atoms with Crippen molar-refractivity contribution in [2.75, 3.05) is 14.2 Å². The quantitative estimate of drug-likeness (QED) is 0.235. The van der Waals surface area contributed by atoms with Crippen LogP contribution in [0.25, 0.3) is 0 Å². The molecule has 0 aromatic rings. The van der Waals surface area contributed by atoms with E-state index in [2.05, 4.69) is 11.9 Å². The molecule has 0 atom stereocenters. The average molecular weight is 155 g/mol. The van der Waals surface area contributed by atoms with Gasteiger partial charge in [-0.1, -0.05) is 6.58 Å². The number of hydrogen-bond acceptors (Lipinski definition) is 3. The van der Waals surface area contributed by atoms with Gasteiger partial charge >= 0.3 is 0 Å². The lowest BCUT2D eigenvalue weighted by atomic mass is 10.3. The third kappa shape index (κ3) is 3.30. The van der Waals surface area contributed by atoms with Crippen LogP contribution in [0.4, 0.5) is 0 Å². The number of hydrogen-bond donors (Lipinski definition) is 3. The first-order chi connectivity index (χ1) is 5.11. The molecule has 62 valence electrons. The predicted octanol–water partition coefficient (Wildman–Crippen LogP) is 0.186. The van der Waals surface area contributed by atoms with Crippen LogP contribution in [-0.4, -0.2) is 20.0 Å². The first kappa shape index (κ1) is 9.55. The van der Waals surface area contributed by atoms with Crippen LogP contribution >= 0.6 is 0 Å². The number of ether oxygens (including phenoxy) is 1. The lowest BCUT2D eigenvalue weighted by Crippen LogP contribution is -2.12. The van der Waals surface area contributed by atoms with Crippen LogP contribution < -0.4 is 11.1 Å². The molecule has 0 aliphatic rings. The maximum absolute atomic E-state index is 6.95. The van der Waals surface area contributed by atoms with E-state index in [9.17, 15) is 0 Å². The molecule has 4 nitrogen and oxygen atoms in total. The number of nitrogens with one attached hydrogen (secondary N) is 2. The van der Waals surface area contributed by atoms with Crippen LogP contribution in [0.15, 0.2) is 24.1 Å². The number of nitrogens with two attached hydrogens (primary N) is 1. The van der Waals surface area contributed by atoms with Crippen LogP contribution in [0.3, 0.4) is 0 Å². The number of rotatable bonds is 4. The minimum absolute atomic E-state index is 0.0572. The average Bonchev–Trinajstić information content (AvgIpc) is 1.98. The van der Waals surface area contributed by atoms with Gasteiger partial charge in [0, 0.05) is 13.1 Å². The molecule has 4 N–H and O–H groups in total. The Kier molecular flexibility index (Phi) is 3.80. The van der Waals surface area contributed by atoms with E-state index in [1.807, 2.05) is 0 Å². The maximum atomic E-state index is 6.95. The monoisotopic (exact) mass is 155 g/mol. The second kappa shape index (κ2) is 4.38. The summed E-state index contributed by atoms with van der Waals surface area (Å²) in [7, 11) is 3.21. The van der Waals surface area contributed by atoms with Gasteiger partial charge < -0.3 is 15.8 Å². The van der Waals surface area contributed by atoms with Crippen molar-refractivity contribution < 1.29 is 4.74 Å². The van der Waals surface area contributed by atoms with Gasteiger partial charge in [-0.15, -0.1) is 0 Å². The largest absolute Gasteiger partial charge is 0.494 e. The van der Waals surface area contributed by atoms with Crippen LogP contribution in [0, 0.1) is 5.41 Å². The molecule has 0 spiro atoms. The molecule has 0 aromatic carbocycles. The Morgan fingerprint density at radius 3 is 2.55 bits per heavy atom. The fourth-order valence-electron chi connectivity index (χ4n) is 0.534. The molecule has 11 heavy (non-hydrogen) atoms. The van der Waals surface area contributed by atoms with Crippen molar-refractivity contribution in [2.45, 2.75) is 0 Å². The lowest BCUT2D eigenvalue weighted by Gasteiger charge is -2.07. The molecule has 0 aliphatic carbocycles. The molecule has 0 amide bonds. The molecule has 4 heteroatoms. The Hall–Kier alpha value is -1.45. The molecule has 0 aromatic heterocycles. The number of methoxy groups -OCH3 is 1. The molecular weight excluding hydrogens is 142 g/mol. The first-order valence-electron chi connectivity index (χ1n) is 3.08. The standard InChI is InChI=1S/C7H13N3O/c1-5(10-2)6(11-3)4-7(8)9/h4,10H,1H2,2-3H3,(H3,8,9)/b6-4+. The Bertz CT molecular complexity index is 196. The van der Waals surface area contributed by atoms with Crippen LogP contribution in [0.1, 0.15) is 0 Å². The Balaban J connectivity index is 4.39. The van der Waals surface area contributed by atoms with Crippen molar-refractivity contribution in [1.82, 2.24) is 5.32 Å². The van der Waals surface area contributed by atoms with Gasteiger partial charge in [-0.3, -0.25) is 5.41 Å². The normalized spacial score (nSPS) is 10.5. The lowest BCUT2D eigenvalue weighted by molar-refractivity contribution is 0.298. The smallest absolute Gasteiger partial charge is 0.144 e. The van der Waals surface area contributed by atoms with E-state index in [1.165, 1.54) is 13.2 Å². The van der Waals surface area contributed by atoms with E-state index in [0.29, 0.717) is 11.5 Å². The van der Waals surface area contributed by atoms with Gasteiger partial charge in [-0.25, -0.2) is 0 Å². The van der Waals surface area contributed by atoms with E-state index < -0.39 is 0 Å². The summed E-state index contributed by atoms with van der Waals surface area (Å²) in [5.74, 6) is 0.415. The summed E-state index contributed by atoms with van der Waals surface area (Å²) in [6, 6.07) is 0. The predicted molar refractivity (Wildman–Crippen MR) is 45.2 cm³/mol. The molecule has 0 rings (SSSR count). The summed E-state index contributed by atoms with van der Waals surface area (Å²) >= 11 is 0. The molecule has 0 fully saturated rings. The van der Waals surface area contributed by atoms with Crippen LogP contribution in [-0.2, 0) is 4.74 Å². The summed E-state index contributed by atoms with van der Waals surface area (Å²) in [6.45, 7) is 3.64. The zero-order valence-corrected chi connectivity index (χ0v) is 6.77. The van der Waals surface area contributed by atoms with Gasteiger partial charge in [0.25, 0.3) is 0 Å². The van der Waals surface area contributed by atoms with Gasteiger partial charge in [0.15, 0.2) is 0 Å². The van der Waals surface area contributed by atoms with Gasteiger partial charge in [-0.2, -0.15) is 0 Å². The Labute approximate surface area is 66.2 Å². The van der Waals surface area contributed by atoms with Gasteiger partial charge in [0.2, 0.25) is 0 Å². The minimum atomic E-state index is -0.0572. The molecule has 0 saturated heterocycles. The van der Waals surface area contributed by atoms with Crippen LogP contribution in [0.2, 0.25) is 0 Å². The summed E-state index contributed by atoms with van der Waals surface area (Å²) in [5.41, 5.74) is 5.72. The zero-order valence-electron chi connectivity index (χ0n) is 6.77. The molecule has 0 radical (unpaired) electrons. The second-order valence-electron chi connectivity index (χ2n) is 1.90. The zero-order chi connectivity index (χ0) is 8.85. The minimum Gasteiger partial charge on any atom is -0.494 e. The van der Waals surface area contributed by atoms with Crippen molar-refractivity contribution >= 4 is 5.84 Å². The third-order valence-corrected chi connectivity index (χ3v) is 1.11. The van der Waals surface area contributed by atoms with Gasteiger partial charge in [-0.05, 0) is 0 Å². The van der Waals surface area contributed by atoms with Crippen molar-refractivity contribution in [3.63, 3.8) is 0 Å². The highest BCUT2D eigenvalue weighted by Gasteiger charge is 1.99. The summed E-state index contributed by atoms with van der Waals surface area (Å²) < 4.78 is 4.89. The summed E-state index contributed by atoms with van der Waals surface area (Å²) in [5, 5.41) is 9.73. The maximum Gasteiger partial charge on any atom is 0.144 e. The van der Waals surface area contributed by atoms with E-state index in [-0.39, 0.29) is 5.84 Å². The third-order valence-electron chi connectivity index (χ3n) is 1.11. The highest BCUT2D eigenvalue weighted by Crippen LogP contribution is 2.02. The SMILES string of the molecule is C=C(NC)/C(=C\C(=N)N)OC. The van der Waals surface area contributed by atoms with Gasteiger partial charge in [0.05, 0.1) is 12.8 Å². The Morgan fingerprint density at radius 2 is 2.27 bits per heavy atom. The van der Waals surface area contributed by atoms with Crippen molar-refractivity contribution in [3.05, 3.63) is 24.1 Å². The fourth-order valence-corrected chi connectivity index (χ4v) is 0.534. The van der Waals surface area contributed by atoms with E-state index >= 15 is 0 Å². The highest BCUT2D eigenvalue weighted by molar-refractivity contribution is 5.89. The molecular formula is C7H13N3O. The number of likely N-dealkylation sites (N-methyl/N-ethyl adjacent to an activating group) is 1. The summed E-state index contributed by atoms with van der Waals surface area (Å²) in [4.78, 5) is 0. The number of amidine groups is 1. The first-order valence-corrected chi connectivity index (χ1v) is 3.08. The Morgan fingerprint density at radius 1 is 1.73 bits per heavy atom. The molecule has 0 bridgehead atoms. The van der Waals surface area contributed by atoms with E-state index in [0.717, 1.165) is 0 Å². The second-order valence-corrected chi connectivity index (χ2v) is 1.90. The topological polar surface area (TPSA) is 71.1 Å². The van der Waals surface area contributed by atoms with E-state index in [1.54, 1.807) is 7.05 Å². The van der Waals surface area contributed by atoms with Gasteiger partial charge in [0.1, 0.15) is 11.6 Å². The van der Waals surface area contributed by atoms with Crippen molar-refractivity contribution in [2.24, 2.45) is 5.73 Å². The fraction of sp³-hybridized carbons (Fsp3) is 0.286. The summed E-state index contributed by atoms with van der Waals surface area (Å²) in [6.07, 6.45) is 1.39. The molecule has 0 saturated carbocycles. The highest BCUT2D eigenvalue weighted by atomic mass is 16.5. The van der Waals surface area contributed by atoms with Crippen molar-refractivity contribution in [1.29, 1.82) is 5.41 Å². The molecule has 0 heterocycles. The van der Waals surface area contributed by atoms with Crippen LogP contribution in [0.5, 0.6) is 0 Å². The van der Waals surface area contributed by atoms with E-state index in [4.69, 9.17) is 15.9 Å². The van der Waals surface area contributed by atoms with Crippen molar-refractivity contribution in [3.8, 4) is 0 Å².